The molecule has 96 valence electrons. The van der Waals surface area contributed by atoms with Crippen molar-refractivity contribution in [3.05, 3.63) is 0 Å². The van der Waals surface area contributed by atoms with Crippen molar-refractivity contribution in [2.75, 3.05) is 19.6 Å². The van der Waals surface area contributed by atoms with Gasteiger partial charge in [0.15, 0.2) is 0 Å². The van der Waals surface area contributed by atoms with E-state index in [9.17, 15) is 4.79 Å². The van der Waals surface area contributed by atoms with Gasteiger partial charge in [0.1, 0.15) is 0 Å². The van der Waals surface area contributed by atoms with Gasteiger partial charge in [0.25, 0.3) is 0 Å². The average Bonchev–Trinajstić information content (AvgIpc) is 2.88. The van der Waals surface area contributed by atoms with Crippen LogP contribution >= 0.6 is 0 Å². The third kappa shape index (κ3) is 1.78. The first-order chi connectivity index (χ1) is 8.16. The quantitative estimate of drug-likeness (QED) is 0.788. The molecular formula is C13H23N3O. The predicted molar refractivity (Wildman–Crippen MR) is 66.5 cm³/mol. The van der Waals surface area contributed by atoms with Crippen LogP contribution in [0.4, 0.5) is 0 Å². The van der Waals surface area contributed by atoms with Gasteiger partial charge in [0.05, 0.1) is 11.7 Å². The van der Waals surface area contributed by atoms with Crippen molar-refractivity contribution in [1.82, 2.24) is 15.1 Å². The van der Waals surface area contributed by atoms with Crippen LogP contribution < -0.4 is 5.32 Å². The van der Waals surface area contributed by atoms with E-state index in [4.69, 9.17) is 0 Å². The van der Waals surface area contributed by atoms with E-state index in [1.165, 1.54) is 19.4 Å². The zero-order valence-electron chi connectivity index (χ0n) is 10.9. The van der Waals surface area contributed by atoms with E-state index in [0.29, 0.717) is 11.9 Å². The lowest BCUT2D eigenvalue weighted by Crippen LogP contribution is -2.44. The normalized spacial score (nSPS) is 36.1. The summed E-state index contributed by atoms with van der Waals surface area (Å²) in [6.45, 7) is 7.57. The summed E-state index contributed by atoms with van der Waals surface area (Å²) >= 11 is 0. The Hall–Kier alpha value is -0.610. The van der Waals surface area contributed by atoms with Crippen LogP contribution in [-0.4, -0.2) is 53.1 Å². The first kappa shape index (κ1) is 11.5. The van der Waals surface area contributed by atoms with Crippen LogP contribution in [0.3, 0.4) is 0 Å². The molecule has 0 aromatic rings. The summed E-state index contributed by atoms with van der Waals surface area (Å²) < 4.78 is 0. The van der Waals surface area contributed by atoms with Gasteiger partial charge in [-0.3, -0.25) is 15.0 Å². The Balaban J connectivity index is 1.66. The third-order valence-electron chi connectivity index (χ3n) is 4.69. The Kier molecular flexibility index (Phi) is 2.67. The van der Waals surface area contributed by atoms with E-state index in [1.807, 2.05) is 0 Å². The molecule has 2 saturated heterocycles. The van der Waals surface area contributed by atoms with Crippen LogP contribution in [0.5, 0.6) is 0 Å². The lowest BCUT2D eigenvalue weighted by atomic mass is 10.2. The molecule has 1 N–H and O–H groups in total. The number of rotatable bonds is 3. The number of likely N-dealkylation sites (tertiary alicyclic amines) is 1. The number of nitrogens with one attached hydrogen (secondary N) is 1. The Morgan fingerprint density at radius 1 is 1.47 bits per heavy atom. The number of hydrogen-bond donors (Lipinski definition) is 1. The molecule has 2 atom stereocenters. The second-order valence-corrected chi connectivity index (χ2v) is 5.78. The van der Waals surface area contributed by atoms with E-state index in [2.05, 4.69) is 29.0 Å². The molecule has 3 aliphatic rings. The van der Waals surface area contributed by atoms with Crippen molar-refractivity contribution in [3.63, 3.8) is 0 Å². The molecule has 1 saturated carbocycles. The van der Waals surface area contributed by atoms with Crippen molar-refractivity contribution in [3.8, 4) is 0 Å². The molecule has 3 fully saturated rings. The molecule has 1 spiro atoms. The number of likely N-dealkylation sites (N-methyl/N-ethyl adjacent to an activating group) is 1. The van der Waals surface area contributed by atoms with Crippen LogP contribution in [0.1, 0.15) is 39.5 Å². The number of amides is 1. The molecule has 2 heterocycles. The summed E-state index contributed by atoms with van der Waals surface area (Å²) in [5.74, 6) is 0.355. The molecule has 1 aliphatic carbocycles. The summed E-state index contributed by atoms with van der Waals surface area (Å²) in [5, 5.41) is 3.47. The monoisotopic (exact) mass is 237 g/mol. The van der Waals surface area contributed by atoms with Gasteiger partial charge in [-0.2, -0.15) is 0 Å². The molecule has 1 amide bonds. The Morgan fingerprint density at radius 2 is 2.24 bits per heavy atom. The molecule has 0 aromatic heterocycles. The van der Waals surface area contributed by atoms with Gasteiger partial charge in [0.2, 0.25) is 5.91 Å². The van der Waals surface area contributed by atoms with E-state index in [0.717, 1.165) is 25.9 Å². The van der Waals surface area contributed by atoms with Crippen molar-refractivity contribution in [1.29, 1.82) is 0 Å². The van der Waals surface area contributed by atoms with E-state index >= 15 is 0 Å². The van der Waals surface area contributed by atoms with E-state index in [-0.39, 0.29) is 11.7 Å². The maximum atomic E-state index is 12.3. The third-order valence-corrected chi connectivity index (χ3v) is 4.69. The molecule has 0 aromatic carbocycles. The van der Waals surface area contributed by atoms with Crippen LogP contribution in [-0.2, 0) is 4.79 Å². The first-order valence-corrected chi connectivity index (χ1v) is 6.99. The van der Waals surface area contributed by atoms with Gasteiger partial charge >= 0.3 is 0 Å². The fourth-order valence-corrected chi connectivity index (χ4v) is 3.46. The highest BCUT2D eigenvalue weighted by Gasteiger charge is 2.58. The highest BCUT2D eigenvalue weighted by Crippen LogP contribution is 2.42. The lowest BCUT2D eigenvalue weighted by Gasteiger charge is -2.29. The number of hydrogen-bond acceptors (Lipinski definition) is 3. The van der Waals surface area contributed by atoms with Crippen LogP contribution in [0.15, 0.2) is 0 Å². The van der Waals surface area contributed by atoms with Crippen molar-refractivity contribution >= 4 is 5.91 Å². The predicted octanol–water partition coefficient (Wildman–Crippen LogP) is 0.781. The topological polar surface area (TPSA) is 35.6 Å². The second kappa shape index (κ2) is 3.95. The molecule has 17 heavy (non-hydrogen) atoms. The SMILES string of the molecule is CCN1CCCC1CN1C(=O)C2(CC2)NC1C. The van der Waals surface area contributed by atoms with Gasteiger partial charge in [-0.1, -0.05) is 6.92 Å². The molecule has 2 aliphatic heterocycles. The molecule has 0 bridgehead atoms. The summed E-state index contributed by atoms with van der Waals surface area (Å²) in [5.41, 5.74) is -0.144. The summed E-state index contributed by atoms with van der Waals surface area (Å²) in [6.07, 6.45) is 4.83. The van der Waals surface area contributed by atoms with Gasteiger partial charge in [-0.25, -0.2) is 0 Å². The maximum absolute atomic E-state index is 12.3. The molecule has 2 unspecified atom stereocenters. The first-order valence-electron chi connectivity index (χ1n) is 6.99. The summed E-state index contributed by atoms with van der Waals surface area (Å²) in [7, 11) is 0. The zero-order chi connectivity index (χ0) is 12.0. The minimum atomic E-state index is -0.144. The van der Waals surface area contributed by atoms with E-state index < -0.39 is 0 Å². The average molecular weight is 237 g/mol. The van der Waals surface area contributed by atoms with Gasteiger partial charge in [-0.15, -0.1) is 0 Å². The lowest BCUT2D eigenvalue weighted by molar-refractivity contribution is -0.131. The smallest absolute Gasteiger partial charge is 0.244 e. The Bertz CT molecular complexity index is 327. The Labute approximate surface area is 103 Å². The minimum Gasteiger partial charge on any atom is -0.324 e. The highest BCUT2D eigenvalue weighted by molar-refractivity contribution is 5.91. The summed E-state index contributed by atoms with van der Waals surface area (Å²) in [6, 6.07) is 0.585. The fraction of sp³-hybridized carbons (Fsp3) is 0.923. The highest BCUT2D eigenvalue weighted by atomic mass is 16.2. The fourth-order valence-electron chi connectivity index (χ4n) is 3.46. The van der Waals surface area contributed by atoms with Crippen molar-refractivity contribution in [2.24, 2.45) is 0 Å². The van der Waals surface area contributed by atoms with Gasteiger partial charge in [-0.05, 0) is 45.7 Å². The molecule has 4 heteroatoms. The molecule has 0 radical (unpaired) electrons. The van der Waals surface area contributed by atoms with Gasteiger partial charge < -0.3 is 4.90 Å². The number of nitrogens with zero attached hydrogens (tertiary/aromatic N) is 2. The maximum Gasteiger partial charge on any atom is 0.244 e. The summed E-state index contributed by atoms with van der Waals surface area (Å²) in [4.78, 5) is 16.9. The van der Waals surface area contributed by atoms with Crippen molar-refractivity contribution < 1.29 is 4.79 Å². The van der Waals surface area contributed by atoms with Gasteiger partial charge in [0, 0.05) is 12.6 Å². The van der Waals surface area contributed by atoms with Crippen LogP contribution in [0.25, 0.3) is 0 Å². The number of carbonyl (C=O) groups excluding carboxylic acids is 1. The minimum absolute atomic E-state index is 0.144. The zero-order valence-corrected chi connectivity index (χ0v) is 10.9. The molecule has 3 rings (SSSR count). The van der Waals surface area contributed by atoms with Crippen LogP contribution in [0, 0.1) is 0 Å². The van der Waals surface area contributed by atoms with Crippen molar-refractivity contribution in [2.45, 2.75) is 57.3 Å². The Morgan fingerprint density at radius 3 is 2.82 bits per heavy atom. The molecular weight excluding hydrogens is 214 g/mol. The molecule has 4 nitrogen and oxygen atoms in total. The van der Waals surface area contributed by atoms with E-state index in [1.54, 1.807) is 0 Å². The standard InChI is InChI=1S/C13H23N3O/c1-3-15-8-4-5-11(15)9-16-10(2)14-13(6-7-13)12(16)17/h10-11,14H,3-9H2,1-2H3. The second-order valence-electron chi connectivity index (χ2n) is 5.78. The largest absolute Gasteiger partial charge is 0.324 e. The number of carbonyl (C=O) groups is 1. The van der Waals surface area contributed by atoms with Crippen LogP contribution in [0.2, 0.25) is 0 Å².